The minimum atomic E-state index is 0.606. The number of piperidine rings is 1. The first-order chi connectivity index (χ1) is 9.16. The maximum absolute atomic E-state index is 4.81. The van der Waals surface area contributed by atoms with Gasteiger partial charge in [0, 0.05) is 23.8 Å². The Morgan fingerprint density at radius 3 is 2.68 bits per heavy atom. The third-order valence-corrected chi connectivity index (χ3v) is 4.92. The maximum Gasteiger partial charge on any atom is 0.136 e. The zero-order valence-electron chi connectivity index (χ0n) is 12.4. The fourth-order valence-electron chi connectivity index (χ4n) is 3.57. The molecule has 1 aliphatic carbocycles. The van der Waals surface area contributed by atoms with E-state index in [1.807, 2.05) is 6.92 Å². The van der Waals surface area contributed by atoms with E-state index in [0.717, 1.165) is 24.7 Å². The molecule has 1 aromatic heterocycles. The highest BCUT2D eigenvalue weighted by molar-refractivity contribution is 5.51. The van der Waals surface area contributed by atoms with Gasteiger partial charge in [-0.3, -0.25) is 0 Å². The summed E-state index contributed by atoms with van der Waals surface area (Å²) in [6.45, 7) is 7.93. The van der Waals surface area contributed by atoms with Crippen LogP contribution in [0.4, 0.5) is 5.82 Å². The van der Waals surface area contributed by atoms with Gasteiger partial charge in [-0.25, -0.2) is 9.97 Å². The van der Waals surface area contributed by atoms with Crippen molar-refractivity contribution in [1.82, 2.24) is 9.97 Å². The van der Waals surface area contributed by atoms with E-state index >= 15 is 0 Å². The van der Waals surface area contributed by atoms with Gasteiger partial charge in [0.2, 0.25) is 0 Å². The summed E-state index contributed by atoms with van der Waals surface area (Å²) in [6.07, 6.45) is 7.54. The second kappa shape index (κ2) is 5.10. The fraction of sp³-hybridized carbons (Fsp3) is 0.750. The molecule has 2 atom stereocenters. The van der Waals surface area contributed by atoms with Crippen LogP contribution in [-0.4, -0.2) is 22.6 Å². The molecule has 3 rings (SSSR count). The Bertz CT molecular complexity index is 469. The molecule has 2 heterocycles. The van der Waals surface area contributed by atoms with E-state index in [1.165, 1.54) is 49.2 Å². The lowest BCUT2D eigenvalue weighted by molar-refractivity contribution is 0.360. The molecule has 0 amide bonds. The Kier molecular flexibility index (Phi) is 3.46. The SMILES string of the molecule is Cc1nc2c(c(N3CCCC(C)C3C)n1)CCCC2. The lowest BCUT2D eigenvalue weighted by Gasteiger charge is -2.40. The van der Waals surface area contributed by atoms with Crippen molar-refractivity contribution in [3.05, 3.63) is 17.1 Å². The molecule has 1 aromatic rings. The number of aryl methyl sites for hydroxylation is 2. The van der Waals surface area contributed by atoms with Crippen LogP contribution in [0.3, 0.4) is 0 Å². The molecule has 104 valence electrons. The molecule has 0 spiro atoms. The predicted molar refractivity (Wildman–Crippen MR) is 78.6 cm³/mol. The molecule has 3 nitrogen and oxygen atoms in total. The fourth-order valence-corrected chi connectivity index (χ4v) is 3.57. The second-order valence-corrected chi connectivity index (χ2v) is 6.28. The highest BCUT2D eigenvalue weighted by Gasteiger charge is 2.29. The average Bonchev–Trinajstić information content (AvgIpc) is 2.41. The number of fused-ring (bicyclic) bond motifs is 1. The molecule has 1 fully saturated rings. The molecule has 0 aromatic carbocycles. The number of rotatable bonds is 1. The lowest BCUT2D eigenvalue weighted by atomic mass is 9.90. The van der Waals surface area contributed by atoms with Crippen LogP contribution in [0.2, 0.25) is 0 Å². The number of aromatic nitrogens is 2. The summed E-state index contributed by atoms with van der Waals surface area (Å²) in [5.41, 5.74) is 2.76. The third-order valence-electron chi connectivity index (χ3n) is 4.92. The summed E-state index contributed by atoms with van der Waals surface area (Å²) < 4.78 is 0. The lowest BCUT2D eigenvalue weighted by Crippen LogP contribution is -2.43. The van der Waals surface area contributed by atoms with E-state index in [-0.39, 0.29) is 0 Å². The van der Waals surface area contributed by atoms with Crippen molar-refractivity contribution in [1.29, 1.82) is 0 Å². The molecule has 1 saturated heterocycles. The molecule has 2 aliphatic rings. The standard InChI is InChI=1S/C16H25N3/c1-11-7-6-10-19(12(11)2)16-14-8-4-5-9-15(14)17-13(3)18-16/h11-12H,4-10H2,1-3H3. The van der Waals surface area contributed by atoms with Gasteiger partial charge < -0.3 is 4.90 Å². The van der Waals surface area contributed by atoms with E-state index in [4.69, 9.17) is 4.98 Å². The van der Waals surface area contributed by atoms with E-state index in [1.54, 1.807) is 0 Å². The first-order valence-corrected chi connectivity index (χ1v) is 7.80. The maximum atomic E-state index is 4.81. The van der Waals surface area contributed by atoms with E-state index in [0.29, 0.717) is 6.04 Å². The molecule has 2 unspecified atom stereocenters. The van der Waals surface area contributed by atoms with Crippen LogP contribution >= 0.6 is 0 Å². The van der Waals surface area contributed by atoms with Crippen LogP contribution in [0.25, 0.3) is 0 Å². The number of nitrogens with zero attached hydrogens (tertiary/aromatic N) is 3. The highest BCUT2D eigenvalue weighted by atomic mass is 15.2. The minimum absolute atomic E-state index is 0.606. The largest absolute Gasteiger partial charge is 0.353 e. The van der Waals surface area contributed by atoms with Gasteiger partial charge in [-0.1, -0.05) is 6.92 Å². The van der Waals surface area contributed by atoms with Gasteiger partial charge >= 0.3 is 0 Å². The Morgan fingerprint density at radius 1 is 1.05 bits per heavy atom. The van der Waals surface area contributed by atoms with Gasteiger partial charge in [0.25, 0.3) is 0 Å². The Hall–Kier alpha value is -1.12. The Balaban J connectivity index is 2.01. The van der Waals surface area contributed by atoms with Gasteiger partial charge in [-0.15, -0.1) is 0 Å². The van der Waals surface area contributed by atoms with Gasteiger partial charge in [0.15, 0.2) is 0 Å². The van der Waals surface area contributed by atoms with Crippen LogP contribution in [0, 0.1) is 12.8 Å². The van der Waals surface area contributed by atoms with E-state index in [9.17, 15) is 0 Å². The third kappa shape index (κ3) is 2.35. The topological polar surface area (TPSA) is 29.0 Å². The van der Waals surface area contributed by atoms with Gasteiger partial charge in [-0.2, -0.15) is 0 Å². The van der Waals surface area contributed by atoms with Crippen molar-refractivity contribution in [2.24, 2.45) is 5.92 Å². The van der Waals surface area contributed by atoms with Gasteiger partial charge in [0.05, 0.1) is 0 Å². The quantitative estimate of drug-likeness (QED) is 0.775. The number of anilines is 1. The summed E-state index contributed by atoms with van der Waals surface area (Å²) >= 11 is 0. The van der Waals surface area contributed by atoms with Crippen molar-refractivity contribution < 1.29 is 0 Å². The summed E-state index contributed by atoms with van der Waals surface area (Å²) in [5, 5.41) is 0. The minimum Gasteiger partial charge on any atom is -0.353 e. The summed E-state index contributed by atoms with van der Waals surface area (Å²) in [7, 11) is 0. The normalized spacial score (nSPS) is 27.2. The highest BCUT2D eigenvalue weighted by Crippen LogP contribution is 2.33. The molecule has 3 heteroatoms. The van der Waals surface area contributed by atoms with Crippen molar-refractivity contribution in [3.63, 3.8) is 0 Å². The van der Waals surface area contributed by atoms with Crippen molar-refractivity contribution >= 4 is 5.82 Å². The van der Waals surface area contributed by atoms with Crippen LogP contribution in [0.5, 0.6) is 0 Å². The molecule has 0 saturated carbocycles. The average molecular weight is 259 g/mol. The monoisotopic (exact) mass is 259 g/mol. The van der Waals surface area contributed by atoms with Crippen molar-refractivity contribution in [2.75, 3.05) is 11.4 Å². The van der Waals surface area contributed by atoms with Crippen LogP contribution < -0.4 is 4.90 Å². The molecule has 19 heavy (non-hydrogen) atoms. The van der Waals surface area contributed by atoms with Gasteiger partial charge in [0.1, 0.15) is 11.6 Å². The van der Waals surface area contributed by atoms with E-state index < -0.39 is 0 Å². The zero-order valence-corrected chi connectivity index (χ0v) is 12.4. The molecule has 1 aliphatic heterocycles. The molecular formula is C16H25N3. The Labute approximate surface area is 116 Å². The zero-order chi connectivity index (χ0) is 13.4. The van der Waals surface area contributed by atoms with Crippen molar-refractivity contribution in [3.8, 4) is 0 Å². The smallest absolute Gasteiger partial charge is 0.136 e. The molecule has 0 radical (unpaired) electrons. The number of hydrogen-bond acceptors (Lipinski definition) is 3. The van der Waals surface area contributed by atoms with E-state index in [2.05, 4.69) is 23.7 Å². The van der Waals surface area contributed by atoms with Crippen LogP contribution in [0.15, 0.2) is 0 Å². The molecule has 0 bridgehead atoms. The summed E-state index contributed by atoms with van der Waals surface area (Å²) in [5.74, 6) is 2.96. The first-order valence-electron chi connectivity index (χ1n) is 7.80. The summed E-state index contributed by atoms with van der Waals surface area (Å²) in [6, 6.07) is 0.606. The molecular weight excluding hydrogens is 234 g/mol. The van der Waals surface area contributed by atoms with Crippen LogP contribution in [0.1, 0.15) is 56.6 Å². The van der Waals surface area contributed by atoms with Gasteiger partial charge in [-0.05, 0) is 58.3 Å². The van der Waals surface area contributed by atoms with Crippen LogP contribution in [-0.2, 0) is 12.8 Å². The second-order valence-electron chi connectivity index (χ2n) is 6.28. The van der Waals surface area contributed by atoms with Crippen molar-refractivity contribution in [2.45, 2.75) is 65.3 Å². The first kappa shape index (κ1) is 12.9. The summed E-state index contributed by atoms with van der Waals surface area (Å²) in [4.78, 5) is 12.0. The predicted octanol–water partition coefficient (Wildman–Crippen LogP) is 3.29. The number of hydrogen-bond donors (Lipinski definition) is 0. The molecule has 0 N–H and O–H groups in total. The Morgan fingerprint density at radius 2 is 1.84 bits per heavy atom.